The molecule has 0 amide bonds. The van der Waals surface area contributed by atoms with Gasteiger partial charge in [0.1, 0.15) is 5.75 Å². The Labute approximate surface area is 114 Å². The van der Waals surface area contributed by atoms with Gasteiger partial charge in [-0.1, -0.05) is 26.0 Å². The Kier molecular flexibility index (Phi) is 4.63. The van der Waals surface area contributed by atoms with Crippen molar-refractivity contribution in [1.29, 1.82) is 0 Å². The van der Waals surface area contributed by atoms with Crippen LogP contribution >= 0.6 is 0 Å². The molecule has 2 rings (SSSR count). The molecule has 1 aromatic heterocycles. The number of nitrogens with zero attached hydrogens (tertiary/aromatic N) is 1. The number of nitrogens with one attached hydrogen (secondary N) is 1. The Hall–Kier alpha value is -1.74. The molecule has 3 nitrogen and oxygen atoms in total. The third-order valence-corrected chi connectivity index (χ3v) is 2.97. The van der Waals surface area contributed by atoms with Crippen LogP contribution in [-0.2, 0) is 13.1 Å². The Morgan fingerprint density at radius 1 is 1.21 bits per heavy atom. The van der Waals surface area contributed by atoms with Crippen LogP contribution in [0.2, 0.25) is 0 Å². The molecule has 1 heterocycles. The number of phenols is 1. The average molecular weight is 258 g/mol. The van der Waals surface area contributed by atoms with Crippen molar-refractivity contribution in [2.24, 2.45) is 5.92 Å². The van der Waals surface area contributed by atoms with Crippen molar-refractivity contribution in [3.8, 4) is 5.75 Å². The van der Waals surface area contributed by atoms with E-state index in [4.69, 9.17) is 0 Å². The maximum atomic E-state index is 9.45. The second-order valence-electron chi connectivity index (χ2n) is 5.39. The van der Waals surface area contributed by atoms with Gasteiger partial charge in [-0.2, -0.15) is 0 Å². The minimum Gasteiger partial charge on any atom is -0.508 e. The minimum atomic E-state index is 0.323. The van der Waals surface area contributed by atoms with E-state index in [9.17, 15) is 5.11 Å². The molecule has 2 aromatic rings. The molecule has 2 N–H and O–H groups in total. The maximum Gasteiger partial charge on any atom is 0.115 e. The Bertz CT molecular complexity index is 517. The summed E-state index contributed by atoms with van der Waals surface area (Å²) in [5.41, 5.74) is 2.40. The van der Waals surface area contributed by atoms with Crippen molar-refractivity contribution in [3.63, 3.8) is 0 Å². The number of hydrogen-bond donors (Lipinski definition) is 2. The molecule has 0 aliphatic carbocycles. The molecular weight excluding hydrogens is 236 g/mol. The Balaban J connectivity index is 1.90. The lowest BCUT2D eigenvalue weighted by atomic mass is 10.2. The second kappa shape index (κ2) is 6.43. The largest absolute Gasteiger partial charge is 0.508 e. The second-order valence-corrected chi connectivity index (χ2v) is 5.39. The van der Waals surface area contributed by atoms with Gasteiger partial charge < -0.3 is 15.0 Å². The van der Waals surface area contributed by atoms with Gasteiger partial charge in [-0.15, -0.1) is 0 Å². The van der Waals surface area contributed by atoms with Crippen LogP contribution in [0.1, 0.15) is 25.0 Å². The molecule has 0 spiro atoms. The summed E-state index contributed by atoms with van der Waals surface area (Å²) in [6, 6.07) is 9.53. The van der Waals surface area contributed by atoms with Crippen molar-refractivity contribution in [2.45, 2.75) is 26.9 Å². The first-order valence-corrected chi connectivity index (χ1v) is 6.77. The number of phenolic OH excluding ortho intramolecular Hbond substituents is 1. The van der Waals surface area contributed by atoms with Crippen LogP contribution in [-0.4, -0.2) is 16.2 Å². The highest BCUT2D eigenvalue weighted by atomic mass is 16.3. The molecule has 0 atom stereocenters. The summed E-state index contributed by atoms with van der Waals surface area (Å²) in [6.45, 7) is 7.15. The number of rotatable bonds is 6. The SMILES string of the molecule is CC(C)CNCc1ccn(Cc2cccc(O)c2)c1. The van der Waals surface area contributed by atoms with Gasteiger partial charge >= 0.3 is 0 Å². The molecule has 0 bridgehead atoms. The summed E-state index contributed by atoms with van der Waals surface area (Å²) in [5, 5.41) is 12.9. The molecule has 102 valence electrons. The predicted molar refractivity (Wildman–Crippen MR) is 78.2 cm³/mol. The lowest BCUT2D eigenvalue weighted by Crippen LogP contribution is -2.18. The van der Waals surface area contributed by atoms with Crippen molar-refractivity contribution >= 4 is 0 Å². The number of hydrogen-bond acceptors (Lipinski definition) is 2. The van der Waals surface area contributed by atoms with E-state index < -0.39 is 0 Å². The van der Waals surface area contributed by atoms with Crippen LogP contribution in [0.5, 0.6) is 5.75 Å². The third-order valence-electron chi connectivity index (χ3n) is 2.97. The van der Waals surface area contributed by atoms with Gasteiger partial charge in [0.05, 0.1) is 0 Å². The van der Waals surface area contributed by atoms with E-state index in [1.54, 1.807) is 12.1 Å². The van der Waals surface area contributed by atoms with Gasteiger partial charge in [-0.05, 0) is 41.8 Å². The molecule has 0 fully saturated rings. The molecule has 1 aromatic carbocycles. The smallest absolute Gasteiger partial charge is 0.115 e. The van der Waals surface area contributed by atoms with Crippen LogP contribution in [0.25, 0.3) is 0 Å². The van der Waals surface area contributed by atoms with E-state index in [1.807, 2.05) is 12.1 Å². The minimum absolute atomic E-state index is 0.323. The van der Waals surface area contributed by atoms with E-state index in [-0.39, 0.29) is 0 Å². The fourth-order valence-electron chi connectivity index (χ4n) is 2.06. The summed E-state index contributed by atoms with van der Waals surface area (Å²) in [4.78, 5) is 0. The number of benzene rings is 1. The third kappa shape index (κ3) is 4.45. The zero-order valence-corrected chi connectivity index (χ0v) is 11.6. The zero-order chi connectivity index (χ0) is 13.7. The summed E-state index contributed by atoms with van der Waals surface area (Å²) < 4.78 is 2.14. The zero-order valence-electron chi connectivity index (χ0n) is 11.6. The first-order chi connectivity index (χ1) is 9.13. The van der Waals surface area contributed by atoms with E-state index in [2.05, 4.69) is 42.2 Å². The van der Waals surface area contributed by atoms with E-state index >= 15 is 0 Å². The fourth-order valence-corrected chi connectivity index (χ4v) is 2.06. The van der Waals surface area contributed by atoms with Gasteiger partial charge in [-0.3, -0.25) is 0 Å². The quantitative estimate of drug-likeness (QED) is 0.836. The highest BCUT2D eigenvalue weighted by molar-refractivity contribution is 5.27. The van der Waals surface area contributed by atoms with Crippen LogP contribution < -0.4 is 5.32 Å². The lowest BCUT2D eigenvalue weighted by molar-refractivity contribution is 0.474. The van der Waals surface area contributed by atoms with E-state index in [1.165, 1.54) is 5.56 Å². The van der Waals surface area contributed by atoms with Crippen LogP contribution in [0, 0.1) is 5.92 Å². The predicted octanol–water partition coefficient (Wildman–Crippen LogP) is 2.99. The van der Waals surface area contributed by atoms with Crippen molar-refractivity contribution in [3.05, 3.63) is 53.9 Å². The van der Waals surface area contributed by atoms with Crippen LogP contribution in [0.15, 0.2) is 42.7 Å². The first-order valence-electron chi connectivity index (χ1n) is 6.77. The van der Waals surface area contributed by atoms with Gasteiger partial charge in [0.25, 0.3) is 0 Å². The van der Waals surface area contributed by atoms with Gasteiger partial charge in [0, 0.05) is 25.5 Å². The molecule has 0 unspecified atom stereocenters. The molecule has 0 aliphatic heterocycles. The molecule has 3 heteroatoms. The molecule has 19 heavy (non-hydrogen) atoms. The van der Waals surface area contributed by atoms with E-state index in [0.717, 1.165) is 25.2 Å². The van der Waals surface area contributed by atoms with E-state index in [0.29, 0.717) is 11.7 Å². The Morgan fingerprint density at radius 3 is 2.79 bits per heavy atom. The summed E-state index contributed by atoms with van der Waals surface area (Å²) in [5.74, 6) is 0.998. The number of aromatic hydroxyl groups is 1. The van der Waals surface area contributed by atoms with Crippen molar-refractivity contribution in [2.75, 3.05) is 6.54 Å². The molecule has 0 saturated heterocycles. The summed E-state index contributed by atoms with van der Waals surface area (Å²) in [7, 11) is 0. The highest BCUT2D eigenvalue weighted by Gasteiger charge is 2.00. The topological polar surface area (TPSA) is 37.2 Å². The van der Waals surface area contributed by atoms with Gasteiger partial charge in [0.15, 0.2) is 0 Å². The monoisotopic (exact) mass is 258 g/mol. The molecule has 0 saturated carbocycles. The normalized spacial score (nSPS) is 11.1. The van der Waals surface area contributed by atoms with Crippen LogP contribution in [0.4, 0.5) is 0 Å². The number of aromatic nitrogens is 1. The lowest BCUT2D eigenvalue weighted by Gasteiger charge is -2.06. The van der Waals surface area contributed by atoms with Gasteiger partial charge in [-0.25, -0.2) is 0 Å². The van der Waals surface area contributed by atoms with Gasteiger partial charge in [0.2, 0.25) is 0 Å². The fraction of sp³-hybridized carbons (Fsp3) is 0.375. The summed E-state index contributed by atoms with van der Waals surface area (Å²) in [6.07, 6.45) is 4.23. The first kappa shape index (κ1) is 13.7. The highest BCUT2D eigenvalue weighted by Crippen LogP contribution is 2.13. The molecule has 0 aliphatic rings. The van der Waals surface area contributed by atoms with Crippen LogP contribution in [0.3, 0.4) is 0 Å². The van der Waals surface area contributed by atoms with Crippen molar-refractivity contribution in [1.82, 2.24) is 9.88 Å². The summed E-state index contributed by atoms with van der Waals surface area (Å²) >= 11 is 0. The Morgan fingerprint density at radius 2 is 2.05 bits per heavy atom. The molecule has 0 radical (unpaired) electrons. The standard InChI is InChI=1S/C16H22N2O/c1-13(2)9-17-10-15-6-7-18(12-15)11-14-4-3-5-16(19)8-14/h3-8,12-13,17,19H,9-11H2,1-2H3. The molecular formula is C16H22N2O. The van der Waals surface area contributed by atoms with Crippen molar-refractivity contribution < 1.29 is 5.11 Å². The average Bonchev–Trinajstić information content (AvgIpc) is 2.76. The maximum absolute atomic E-state index is 9.45.